The Morgan fingerprint density at radius 2 is 2.00 bits per heavy atom. The summed E-state index contributed by atoms with van der Waals surface area (Å²) in [7, 11) is 0. The van der Waals surface area contributed by atoms with E-state index in [0.717, 1.165) is 16.9 Å². The predicted octanol–water partition coefficient (Wildman–Crippen LogP) is 1.77. The number of nitrogens with one attached hydrogen (secondary N) is 2. The van der Waals surface area contributed by atoms with Crippen LogP contribution in [0.2, 0.25) is 0 Å². The second-order valence-corrected chi connectivity index (χ2v) is 6.45. The molecule has 4 amide bonds. The van der Waals surface area contributed by atoms with E-state index in [1.807, 2.05) is 17.5 Å². The van der Waals surface area contributed by atoms with Crippen molar-refractivity contribution in [3.8, 4) is 0 Å². The van der Waals surface area contributed by atoms with Crippen molar-refractivity contribution in [2.75, 3.05) is 13.1 Å². The molecule has 0 bridgehead atoms. The van der Waals surface area contributed by atoms with Gasteiger partial charge in [0.25, 0.3) is 5.91 Å². The molecule has 124 valence electrons. The summed E-state index contributed by atoms with van der Waals surface area (Å²) in [5, 5.41) is 7.38. The van der Waals surface area contributed by atoms with E-state index < -0.39 is 0 Å². The van der Waals surface area contributed by atoms with Crippen LogP contribution < -0.4 is 10.6 Å². The molecule has 1 aliphatic rings. The maximum Gasteiger partial charge on any atom is 0.324 e. The first-order valence-electron chi connectivity index (χ1n) is 7.61. The molecule has 2 aromatic rings. The van der Waals surface area contributed by atoms with Crippen LogP contribution >= 0.6 is 11.3 Å². The van der Waals surface area contributed by atoms with Gasteiger partial charge in [0, 0.05) is 17.0 Å². The quantitative estimate of drug-likeness (QED) is 0.785. The first-order valence-corrected chi connectivity index (χ1v) is 8.49. The van der Waals surface area contributed by atoms with E-state index in [-0.39, 0.29) is 30.9 Å². The summed E-state index contributed by atoms with van der Waals surface area (Å²) < 4.78 is 0. The fraction of sp³-hybridized carbons (Fsp3) is 0.235. The topological polar surface area (TPSA) is 78.5 Å². The van der Waals surface area contributed by atoms with Gasteiger partial charge in [0.2, 0.25) is 5.91 Å². The standard InChI is InChI=1S/C17H17N3O3S/c21-15-10-19-17(23)20(15)11-12-3-5-13(6-4-12)16(22)18-8-7-14-2-1-9-24-14/h1-6,9H,7-8,10-11H2,(H,18,22)(H,19,23). The lowest BCUT2D eigenvalue weighted by molar-refractivity contribution is -0.125. The SMILES string of the molecule is O=C(NCCc1cccs1)c1ccc(CN2C(=O)CNC2=O)cc1. The van der Waals surface area contributed by atoms with Gasteiger partial charge in [0.1, 0.15) is 0 Å². The molecule has 1 aromatic carbocycles. The second kappa shape index (κ2) is 7.27. The summed E-state index contributed by atoms with van der Waals surface area (Å²) in [6.07, 6.45) is 0.813. The van der Waals surface area contributed by atoms with E-state index in [0.29, 0.717) is 12.1 Å². The van der Waals surface area contributed by atoms with Crippen LogP contribution in [0.3, 0.4) is 0 Å². The van der Waals surface area contributed by atoms with E-state index >= 15 is 0 Å². The van der Waals surface area contributed by atoms with Gasteiger partial charge in [-0.2, -0.15) is 0 Å². The third-order valence-electron chi connectivity index (χ3n) is 3.73. The molecule has 3 rings (SSSR count). The van der Waals surface area contributed by atoms with Crippen LogP contribution in [-0.4, -0.2) is 35.8 Å². The predicted molar refractivity (Wildman–Crippen MR) is 90.7 cm³/mol. The van der Waals surface area contributed by atoms with Crippen LogP contribution in [0, 0.1) is 0 Å². The first-order chi connectivity index (χ1) is 11.6. The van der Waals surface area contributed by atoms with Gasteiger partial charge >= 0.3 is 6.03 Å². The zero-order valence-electron chi connectivity index (χ0n) is 13.0. The number of nitrogens with zero attached hydrogens (tertiary/aromatic N) is 1. The minimum absolute atomic E-state index is 0.0452. The van der Waals surface area contributed by atoms with Crippen LogP contribution in [0.4, 0.5) is 4.79 Å². The van der Waals surface area contributed by atoms with E-state index in [2.05, 4.69) is 10.6 Å². The molecule has 24 heavy (non-hydrogen) atoms. The van der Waals surface area contributed by atoms with Crippen molar-refractivity contribution in [2.45, 2.75) is 13.0 Å². The van der Waals surface area contributed by atoms with Crippen LogP contribution in [0.5, 0.6) is 0 Å². The van der Waals surface area contributed by atoms with Gasteiger partial charge in [-0.1, -0.05) is 18.2 Å². The number of thiophene rings is 1. The number of imide groups is 1. The number of amides is 4. The maximum absolute atomic E-state index is 12.1. The molecule has 1 fully saturated rings. The highest BCUT2D eigenvalue weighted by atomic mass is 32.1. The minimum Gasteiger partial charge on any atom is -0.352 e. The highest BCUT2D eigenvalue weighted by molar-refractivity contribution is 7.09. The molecular weight excluding hydrogens is 326 g/mol. The van der Waals surface area contributed by atoms with Crippen molar-refractivity contribution >= 4 is 29.2 Å². The Labute approximate surface area is 143 Å². The summed E-state index contributed by atoms with van der Waals surface area (Å²) in [5.74, 6) is -0.372. The van der Waals surface area contributed by atoms with Crippen molar-refractivity contribution in [1.82, 2.24) is 15.5 Å². The van der Waals surface area contributed by atoms with E-state index in [1.165, 1.54) is 4.88 Å². The van der Waals surface area contributed by atoms with Crippen LogP contribution in [-0.2, 0) is 17.8 Å². The van der Waals surface area contributed by atoms with E-state index in [4.69, 9.17) is 0 Å². The molecule has 0 spiro atoms. The summed E-state index contributed by atoms with van der Waals surface area (Å²) in [6.45, 7) is 0.845. The zero-order chi connectivity index (χ0) is 16.9. The molecule has 2 heterocycles. The third-order valence-corrected chi connectivity index (χ3v) is 4.67. The Morgan fingerprint density at radius 1 is 1.21 bits per heavy atom. The van der Waals surface area contributed by atoms with E-state index in [9.17, 15) is 14.4 Å². The number of benzene rings is 1. The second-order valence-electron chi connectivity index (χ2n) is 5.42. The molecule has 1 saturated heterocycles. The van der Waals surface area contributed by atoms with Crippen LogP contribution in [0.1, 0.15) is 20.8 Å². The van der Waals surface area contributed by atoms with Gasteiger partial charge in [0.15, 0.2) is 0 Å². The van der Waals surface area contributed by atoms with Crippen LogP contribution in [0.15, 0.2) is 41.8 Å². The number of hydrogen-bond acceptors (Lipinski definition) is 4. The fourth-order valence-corrected chi connectivity index (χ4v) is 3.12. The Kier molecular flexibility index (Phi) is 4.90. The number of carbonyl (C=O) groups is 3. The number of carbonyl (C=O) groups excluding carboxylic acids is 3. The summed E-state index contributed by atoms with van der Waals surface area (Å²) in [6, 6.07) is 10.6. The van der Waals surface area contributed by atoms with Crippen molar-refractivity contribution in [3.63, 3.8) is 0 Å². The largest absolute Gasteiger partial charge is 0.352 e. The fourth-order valence-electron chi connectivity index (χ4n) is 2.42. The van der Waals surface area contributed by atoms with Gasteiger partial charge in [-0.3, -0.25) is 14.5 Å². The molecule has 2 N–H and O–H groups in total. The molecule has 1 aromatic heterocycles. The highest BCUT2D eigenvalue weighted by Crippen LogP contribution is 2.11. The van der Waals surface area contributed by atoms with Crippen molar-refractivity contribution in [1.29, 1.82) is 0 Å². The van der Waals surface area contributed by atoms with Gasteiger partial charge in [-0.05, 0) is 35.6 Å². The number of urea groups is 1. The Balaban J connectivity index is 1.52. The molecule has 1 aliphatic heterocycles. The molecule has 0 atom stereocenters. The molecule has 7 heteroatoms. The summed E-state index contributed by atoms with van der Waals surface area (Å²) >= 11 is 1.67. The highest BCUT2D eigenvalue weighted by Gasteiger charge is 2.28. The molecule has 0 radical (unpaired) electrons. The van der Waals surface area contributed by atoms with Crippen molar-refractivity contribution in [3.05, 3.63) is 57.8 Å². The summed E-state index contributed by atoms with van der Waals surface area (Å²) in [5.41, 5.74) is 1.36. The molecular formula is C17H17N3O3S. The Morgan fingerprint density at radius 3 is 2.62 bits per heavy atom. The van der Waals surface area contributed by atoms with Gasteiger partial charge in [-0.15, -0.1) is 11.3 Å². The lowest BCUT2D eigenvalue weighted by Crippen LogP contribution is -2.30. The summed E-state index contributed by atoms with van der Waals surface area (Å²) in [4.78, 5) is 37.6. The van der Waals surface area contributed by atoms with E-state index in [1.54, 1.807) is 35.6 Å². The molecule has 0 saturated carbocycles. The third kappa shape index (κ3) is 3.80. The maximum atomic E-state index is 12.1. The van der Waals surface area contributed by atoms with Crippen molar-refractivity contribution in [2.24, 2.45) is 0 Å². The molecule has 6 nitrogen and oxygen atoms in total. The Hall–Kier alpha value is -2.67. The van der Waals surface area contributed by atoms with Crippen molar-refractivity contribution < 1.29 is 14.4 Å². The van der Waals surface area contributed by atoms with Gasteiger partial charge < -0.3 is 10.6 Å². The molecule has 0 unspecified atom stereocenters. The Bertz CT molecular complexity index is 725. The number of rotatable bonds is 6. The van der Waals surface area contributed by atoms with Gasteiger partial charge in [-0.25, -0.2) is 4.79 Å². The number of hydrogen-bond donors (Lipinski definition) is 2. The lowest BCUT2D eigenvalue weighted by atomic mass is 10.1. The normalized spacial score (nSPS) is 13.9. The van der Waals surface area contributed by atoms with Gasteiger partial charge in [0.05, 0.1) is 13.1 Å². The zero-order valence-corrected chi connectivity index (χ0v) is 13.8. The average Bonchev–Trinajstić information content (AvgIpc) is 3.21. The van der Waals surface area contributed by atoms with Crippen LogP contribution in [0.25, 0.3) is 0 Å². The average molecular weight is 343 g/mol. The molecule has 0 aliphatic carbocycles. The lowest BCUT2D eigenvalue weighted by Gasteiger charge is -2.12. The smallest absolute Gasteiger partial charge is 0.324 e. The monoisotopic (exact) mass is 343 g/mol. The minimum atomic E-state index is -0.379. The first kappa shape index (κ1) is 16.2.